The van der Waals surface area contributed by atoms with E-state index in [9.17, 15) is 4.79 Å². The number of hydrogen-bond acceptors (Lipinski definition) is 4. The van der Waals surface area contributed by atoms with Crippen molar-refractivity contribution in [1.82, 2.24) is 9.80 Å². The summed E-state index contributed by atoms with van der Waals surface area (Å²) >= 11 is 0. The van der Waals surface area contributed by atoms with Crippen LogP contribution < -0.4 is 5.32 Å². The van der Waals surface area contributed by atoms with Gasteiger partial charge in [0.25, 0.3) is 0 Å². The largest absolute Gasteiger partial charge is 0.379 e. The summed E-state index contributed by atoms with van der Waals surface area (Å²) in [6, 6.07) is 16.8. The summed E-state index contributed by atoms with van der Waals surface area (Å²) in [5, 5.41) is 3.00. The molecule has 2 aromatic carbocycles. The van der Waals surface area contributed by atoms with Crippen molar-refractivity contribution < 1.29 is 9.53 Å². The molecule has 1 saturated heterocycles. The molecule has 0 atom stereocenters. The van der Waals surface area contributed by atoms with Gasteiger partial charge in [-0.3, -0.25) is 14.6 Å². The zero-order valence-electron chi connectivity index (χ0n) is 17.9. The van der Waals surface area contributed by atoms with E-state index in [2.05, 4.69) is 60.5 Å². The molecular formula is C24H33N3O2. The Labute approximate surface area is 174 Å². The number of carbonyl (C=O) groups is 1. The Balaban J connectivity index is 1.44. The molecule has 0 aromatic heterocycles. The highest BCUT2D eigenvalue weighted by molar-refractivity contribution is 5.92. The summed E-state index contributed by atoms with van der Waals surface area (Å²) in [6.45, 7) is 10.0. The number of amides is 1. The van der Waals surface area contributed by atoms with Gasteiger partial charge in [-0.1, -0.05) is 50.2 Å². The van der Waals surface area contributed by atoms with E-state index in [1.165, 1.54) is 16.7 Å². The van der Waals surface area contributed by atoms with E-state index in [0.29, 0.717) is 12.5 Å². The number of hydrogen-bond donors (Lipinski definition) is 1. The lowest BCUT2D eigenvalue weighted by molar-refractivity contribution is -0.117. The minimum absolute atomic E-state index is 0.00669. The van der Waals surface area contributed by atoms with Gasteiger partial charge in [0, 0.05) is 31.9 Å². The molecule has 5 nitrogen and oxygen atoms in total. The van der Waals surface area contributed by atoms with Crippen LogP contribution in [0.4, 0.5) is 5.69 Å². The molecule has 29 heavy (non-hydrogen) atoms. The Bertz CT molecular complexity index is 766. The highest BCUT2D eigenvalue weighted by Gasteiger charge is 2.11. The zero-order chi connectivity index (χ0) is 20.6. The number of ether oxygens (including phenoxy) is 1. The number of nitrogens with one attached hydrogen (secondary N) is 1. The second-order valence-electron chi connectivity index (χ2n) is 8.20. The van der Waals surface area contributed by atoms with Crippen LogP contribution in [0.5, 0.6) is 0 Å². The fourth-order valence-corrected chi connectivity index (χ4v) is 3.53. The van der Waals surface area contributed by atoms with E-state index in [4.69, 9.17) is 4.74 Å². The van der Waals surface area contributed by atoms with Gasteiger partial charge in [0.05, 0.1) is 19.8 Å². The lowest BCUT2D eigenvalue weighted by Crippen LogP contribution is -2.35. The molecule has 1 heterocycles. The zero-order valence-corrected chi connectivity index (χ0v) is 17.9. The Morgan fingerprint density at radius 2 is 1.66 bits per heavy atom. The topological polar surface area (TPSA) is 44.8 Å². The maximum absolute atomic E-state index is 12.4. The predicted molar refractivity (Wildman–Crippen MR) is 118 cm³/mol. The maximum Gasteiger partial charge on any atom is 0.238 e. The number of anilines is 1. The van der Waals surface area contributed by atoms with Crippen LogP contribution in [0.2, 0.25) is 0 Å². The van der Waals surface area contributed by atoms with Crippen molar-refractivity contribution in [3.05, 3.63) is 65.2 Å². The summed E-state index contributed by atoms with van der Waals surface area (Å²) < 4.78 is 5.39. The molecule has 1 aliphatic rings. The quantitative estimate of drug-likeness (QED) is 0.740. The summed E-state index contributed by atoms with van der Waals surface area (Å²) in [5.74, 6) is 0.542. The normalized spacial score (nSPS) is 15.1. The second kappa shape index (κ2) is 10.5. The van der Waals surface area contributed by atoms with Gasteiger partial charge in [0.15, 0.2) is 0 Å². The Morgan fingerprint density at radius 1 is 1.03 bits per heavy atom. The van der Waals surface area contributed by atoms with Crippen LogP contribution >= 0.6 is 0 Å². The number of benzene rings is 2. The van der Waals surface area contributed by atoms with Crippen LogP contribution in [-0.4, -0.2) is 55.6 Å². The first kappa shape index (κ1) is 21.5. The molecule has 0 saturated carbocycles. The van der Waals surface area contributed by atoms with Crippen LogP contribution in [0, 0.1) is 0 Å². The first-order chi connectivity index (χ1) is 14.0. The molecule has 1 aliphatic heterocycles. The van der Waals surface area contributed by atoms with Crippen molar-refractivity contribution >= 4 is 11.6 Å². The number of rotatable bonds is 8. The Kier molecular flexibility index (Phi) is 7.81. The van der Waals surface area contributed by atoms with Gasteiger partial charge in [-0.2, -0.15) is 0 Å². The molecule has 3 rings (SSSR count). The molecule has 1 amide bonds. The van der Waals surface area contributed by atoms with Crippen molar-refractivity contribution in [3.8, 4) is 0 Å². The predicted octanol–water partition coefficient (Wildman–Crippen LogP) is 3.71. The summed E-state index contributed by atoms with van der Waals surface area (Å²) in [7, 11) is 1.97. The van der Waals surface area contributed by atoms with Crippen molar-refractivity contribution in [2.75, 3.05) is 45.2 Å². The van der Waals surface area contributed by atoms with Crippen molar-refractivity contribution in [2.45, 2.75) is 32.9 Å². The minimum Gasteiger partial charge on any atom is -0.379 e. The number of nitrogens with zero attached hydrogens (tertiary/aromatic N) is 2. The van der Waals surface area contributed by atoms with Gasteiger partial charge in [0.1, 0.15) is 0 Å². The van der Waals surface area contributed by atoms with Crippen LogP contribution in [-0.2, 0) is 22.6 Å². The van der Waals surface area contributed by atoms with Crippen LogP contribution in [0.25, 0.3) is 0 Å². The third-order valence-electron chi connectivity index (χ3n) is 5.26. The van der Waals surface area contributed by atoms with Crippen LogP contribution in [0.3, 0.4) is 0 Å². The van der Waals surface area contributed by atoms with E-state index in [-0.39, 0.29) is 5.91 Å². The molecule has 5 heteroatoms. The molecule has 156 valence electrons. The second-order valence-corrected chi connectivity index (χ2v) is 8.20. The van der Waals surface area contributed by atoms with E-state index in [1.807, 2.05) is 24.1 Å². The Hall–Kier alpha value is -2.21. The fraction of sp³-hybridized carbons (Fsp3) is 0.458. The van der Waals surface area contributed by atoms with E-state index >= 15 is 0 Å². The first-order valence-corrected chi connectivity index (χ1v) is 10.5. The molecule has 0 radical (unpaired) electrons. The van der Waals surface area contributed by atoms with Gasteiger partial charge in [-0.25, -0.2) is 0 Å². The van der Waals surface area contributed by atoms with Gasteiger partial charge in [-0.15, -0.1) is 0 Å². The monoisotopic (exact) mass is 395 g/mol. The third-order valence-corrected chi connectivity index (χ3v) is 5.26. The lowest BCUT2D eigenvalue weighted by atomic mass is 10.0. The molecule has 0 unspecified atom stereocenters. The lowest BCUT2D eigenvalue weighted by Gasteiger charge is -2.26. The van der Waals surface area contributed by atoms with Gasteiger partial charge < -0.3 is 10.1 Å². The number of morpholine rings is 1. The SMILES string of the molecule is CC(C)c1ccc(CN(C)CC(=O)Nc2ccc(CN3CCOCC3)cc2)cc1. The first-order valence-electron chi connectivity index (χ1n) is 10.5. The molecule has 1 N–H and O–H groups in total. The van der Waals surface area contributed by atoms with Crippen LogP contribution in [0.1, 0.15) is 36.5 Å². The average Bonchev–Trinajstić information content (AvgIpc) is 2.70. The maximum atomic E-state index is 12.4. The number of likely N-dealkylation sites (N-methyl/N-ethyl adjacent to an activating group) is 1. The van der Waals surface area contributed by atoms with Gasteiger partial charge >= 0.3 is 0 Å². The molecular weight excluding hydrogens is 362 g/mol. The van der Waals surface area contributed by atoms with Crippen molar-refractivity contribution in [1.29, 1.82) is 0 Å². The standard InChI is InChI=1S/C24H33N3O2/c1-19(2)22-8-4-20(5-9-22)16-26(3)18-24(28)25-23-10-6-21(7-11-23)17-27-12-14-29-15-13-27/h4-11,19H,12-18H2,1-3H3,(H,25,28). The molecule has 0 aliphatic carbocycles. The van der Waals surface area contributed by atoms with Gasteiger partial charge in [-0.05, 0) is 41.8 Å². The molecule has 0 spiro atoms. The highest BCUT2D eigenvalue weighted by atomic mass is 16.5. The number of carbonyl (C=O) groups excluding carboxylic acids is 1. The summed E-state index contributed by atoms with van der Waals surface area (Å²) in [4.78, 5) is 16.8. The highest BCUT2D eigenvalue weighted by Crippen LogP contribution is 2.16. The minimum atomic E-state index is 0.00669. The summed E-state index contributed by atoms with van der Waals surface area (Å²) in [5.41, 5.74) is 4.66. The fourth-order valence-electron chi connectivity index (χ4n) is 3.53. The molecule has 2 aromatic rings. The Morgan fingerprint density at radius 3 is 2.28 bits per heavy atom. The van der Waals surface area contributed by atoms with E-state index in [0.717, 1.165) is 45.1 Å². The van der Waals surface area contributed by atoms with Crippen molar-refractivity contribution in [3.63, 3.8) is 0 Å². The third kappa shape index (κ3) is 6.96. The smallest absolute Gasteiger partial charge is 0.238 e. The van der Waals surface area contributed by atoms with Crippen molar-refractivity contribution in [2.24, 2.45) is 0 Å². The van der Waals surface area contributed by atoms with E-state index in [1.54, 1.807) is 0 Å². The average molecular weight is 396 g/mol. The summed E-state index contributed by atoms with van der Waals surface area (Å²) in [6.07, 6.45) is 0. The van der Waals surface area contributed by atoms with Crippen LogP contribution in [0.15, 0.2) is 48.5 Å². The van der Waals surface area contributed by atoms with Gasteiger partial charge in [0.2, 0.25) is 5.91 Å². The van der Waals surface area contributed by atoms with E-state index < -0.39 is 0 Å². The molecule has 1 fully saturated rings. The molecule has 0 bridgehead atoms.